The number of halogens is 1. The van der Waals surface area contributed by atoms with E-state index in [9.17, 15) is 0 Å². The van der Waals surface area contributed by atoms with Crippen molar-refractivity contribution in [1.29, 1.82) is 0 Å². The lowest BCUT2D eigenvalue weighted by molar-refractivity contribution is 0.352. The van der Waals surface area contributed by atoms with E-state index < -0.39 is 0 Å². The molecule has 0 unspecified atom stereocenters. The summed E-state index contributed by atoms with van der Waals surface area (Å²) in [6.45, 7) is 2.08. The molecule has 0 bridgehead atoms. The number of nitrogens with zero attached hydrogens (tertiary/aromatic N) is 2. The first-order valence-electron chi connectivity index (χ1n) is 6.83. The molecule has 20 heavy (non-hydrogen) atoms. The van der Waals surface area contributed by atoms with E-state index in [2.05, 4.69) is 41.3 Å². The van der Waals surface area contributed by atoms with Gasteiger partial charge in [0.1, 0.15) is 0 Å². The number of nitrogens with two attached hydrogens (primary N) is 1. The normalized spacial score (nSPS) is 16.9. The van der Waals surface area contributed by atoms with Crippen LogP contribution >= 0.6 is 12.4 Å². The highest BCUT2D eigenvalue weighted by molar-refractivity contribution is 5.85. The van der Waals surface area contributed by atoms with Crippen LogP contribution in [0.25, 0.3) is 0 Å². The standard InChI is InChI=1S/C15H19N3O.ClH/c1-11-4-6-12(7-5-11)10-13-17-14(18-19-13)15(16)8-2-3-9-15;/h4-7H,2-3,8-10,16H2,1H3;1H. The molecule has 1 aliphatic rings. The smallest absolute Gasteiger partial charge is 0.231 e. The number of hydrogen-bond acceptors (Lipinski definition) is 4. The van der Waals surface area contributed by atoms with Crippen LogP contribution in [0.4, 0.5) is 0 Å². The molecular weight excluding hydrogens is 274 g/mol. The summed E-state index contributed by atoms with van der Waals surface area (Å²) in [5.74, 6) is 1.32. The topological polar surface area (TPSA) is 64.9 Å². The van der Waals surface area contributed by atoms with Gasteiger partial charge in [-0.3, -0.25) is 0 Å². The Balaban J connectivity index is 0.00000147. The lowest BCUT2D eigenvalue weighted by Gasteiger charge is -2.17. The number of benzene rings is 1. The van der Waals surface area contributed by atoms with Crippen molar-refractivity contribution in [1.82, 2.24) is 10.1 Å². The third-order valence-corrected chi connectivity index (χ3v) is 3.89. The van der Waals surface area contributed by atoms with E-state index in [0.29, 0.717) is 18.1 Å². The minimum absolute atomic E-state index is 0. The van der Waals surface area contributed by atoms with Gasteiger partial charge in [0.2, 0.25) is 5.89 Å². The van der Waals surface area contributed by atoms with Crippen LogP contribution in [0.2, 0.25) is 0 Å². The van der Waals surface area contributed by atoms with Gasteiger partial charge in [-0.15, -0.1) is 12.4 Å². The van der Waals surface area contributed by atoms with Crippen LogP contribution in [-0.4, -0.2) is 10.1 Å². The fraction of sp³-hybridized carbons (Fsp3) is 0.467. The van der Waals surface area contributed by atoms with Gasteiger partial charge < -0.3 is 10.3 Å². The van der Waals surface area contributed by atoms with Gasteiger partial charge in [0, 0.05) is 0 Å². The highest BCUT2D eigenvalue weighted by Crippen LogP contribution is 2.34. The first kappa shape index (κ1) is 15.0. The minimum Gasteiger partial charge on any atom is -0.339 e. The molecule has 4 nitrogen and oxygen atoms in total. The van der Waals surface area contributed by atoms with E-state index in [1.807, 2.05) is 0 Å². The molecule has 0 amide bonds. The molecule has 0 saturated heterocycles. The molecule has 0 spiro atoms. The predicted octanol–water partition coefficient (Wildman–Crippen LogP) is 3.12. The van der Waals surface area contributed by atoms with E-state index in [1.165, 1.54) is 11.1 Å². The summed E-state index contributed by atoms with van der Waals surface area (Å²) in [6, 6.07) is 8.36. The molecule has 1 heterocycles. The second kappa shape index (κ2) is 5.94. The quantitative estimate of drug-likeness (QED) is 0.944. The van der Waals surface area contributed by atoms with Crippen molar-refractivity contribution in [2.75, 3.05) is 0 Å². The van der Waals surface area contributed by atoms with Crippen molar-refractivity contribution >= 4 is 12.4 Å². The van der Waals surface area contributed by atoms with Crippen molar-refractivity contribution in [2.45, 2.75) is 44.6 Å². The third kappa shape index (κ3) is 3.02. The first-order valence-corrected chi connectivity index (χ1v) is 6.83. The Labute approximate surface area is 125 Å². The number of aromatic nitrogens is 2. The summed E-state index contributed by atoms with van der Waals surface area (Å²) < 4.78 is 5.34. The van der Waals surface area contributed by atoms with Crippen molar-refractivity contribution in [3.63, 3.8) is 0 Å². The zero-order valence-corrected chi connectivity index (χ0v) is 12.4. The van der Waals surface area contributed by atoms with E-state index >= 15 is 0 Å². The molecule has 1 aromatic heterocycles. The van der Waals surface area contributed by atoms with Crippen LogP contribution in [0, 0.1) is 6.92 Å². The van der Waals surface area contributed by atoms with E-state index in [0.717, 1.165) is 25.7 Å². The van der Waals surface area contributed by atoms with Crippen molar-refractivity contribution in [3.05, 3.63) is 47.1 Å². The monoisotopic (exact) mass is 293 g/mol. The van der Waals surface area contributed by atoms with Gasteiger partial charge in [0.25, 0.3) is 0 Å². The zero-order chi connectivity index (χ0) is 13.3. The van der Waals surface area contributed by atoms with Crippen LogP contribution in [0.5, 0.6) is 0 Å². The van der Waals surface area contributed by atoms with Crippen LogP contribution < -0.4 is 5.73 Å². The zero-order valence-electron chi connectivity index (χ0n) is 11.6. The van der Waals surface area contributed by atoms with Gasteiger partial charge in [-0.1, -0.05) is 47.8 Å². The Morgan fingerprint density at radius 1 is 1.20 bits per heavy atom. The summed E-state index contributed by atoms with van der Waals surface area (Å²) >= 11 is 0. The molecule has 2 aromatic rings. The maximum atomic E-state index is 6.32. The fourth-order valence-electron chi connectivity index (χ4n) is 2.64. The summed E-state index contributed by atoms with van der Waals surface area (Å²) in [5, 5.41) is 4.07. The molecule has 108 valence electrons. The lowest BCUT2D eigenvalue weighted by atomic mass is 9.99. The largest absolute Gasteiger partial charge is 0.339 e. The second-order valence-corrected chi connectivity index (χ2v) is 5.54. The molecule has 3 rings (SSSR count). The summed E-state index contributed by atoms with van der Waals surface area (Å²) in [5.41, 5.74) is 8.39. The fourth-order valence-corrected chi connectivity index (χ4v) is 2.64. The van der Waals surface area contributed by atoms with Gasteiger partial charge >= 0.3 is 0 Å². The number of aryl methyl sites for hydroxylation is 1. The SMILES string of the molecule is Cc1ccc(Cc2nc(C3(N)CCCC3)no2)cc1.Cl. The van der Waals surface area contributed by atoms with E-state index in [1.54, 1.807) is 0 Å². The molecule has 1 fully saturated rings. The molecule has 0 radical (unpaired) electrons. The van der Waals surface area contributed by atoms with Gasteiger partial charge in [-0.05, 0) is 25.3 Å². The Morgan fingerprint density at radius 2 is 1.85 bits per heavy atom. The highest BCUT2D eigenvalue weighted by Gasteiger charge is 2.35. The summed E-state index contributed by atoms with van der Waals surface area (Å²) in [6.07, 6.45) is 4.88. The Morgan fingerprint density at radius 3 is 2.50 bits per heavy atom. The van der Waals surface area contributed by atoms with Gasteiger partial charge in [-0.25, -0.2) is 0 Å². The average Bonchev–Trinajstić information content (AvgIpc) is 3.02. The van der Waals surface area contributed by atoms with E-state index in [-0.39, 0.29) is 17.9 Å². The van der Waals surface area contributed by atoms with Crippen molar-refractivity contribution in [3.8, 4) is 0 Å². The molecule has 2 N–H and O–H groups in total. The van der Waals surface area contributed by atoms with Gasteiger partial charge in [0.05, 0.1) is 12.0 Å². The molecule has 5 heteroatoms. The molecule has 1 aromatic carbocycles. The Hall–Kier alpha value is -1.39. The summed E-state index contributed by atoms with van der Waals surface area (Å²) in [4.78, 5) is 4.48. The van der Waals surface area contributed by atoms with Crippen molar-refractivity contribution < 1.29 is 4.52 Å². The van der Waals surface area contributed by atoms with Crippen LogP contribution in [0.15, 0.2) is 28.8 Å². The number of hydrogen-bond donors (Lipinski definition) is 1. The van der Waals surface area contributed by atoms with Crippen LogP contribution in [-0.2, 0) is 12.0 Å². The second-order valence-electron chi connectivity index (χ2n) is 5.54. The predicted molar refractivity (Wildman–Crippen MR) is 79.9 cm³/mol. The van der Waals surface area contributed by atoms with Gasteiger partial charge in [0.15, 0.2) is 5.82 Å². The molecule has 0 aliphatic heterocycles. The van der Waals surface area contributed by atoms with Gasteiger partial charge in [-0.2, -0.15) is 4.98 Å². The first-order chi connectivity index (χ1) is 9.16. The minimum atomic E-state index is -0.366. The number of rotatable bonds is 3. The van der Waals surface area contributed by atoms with Crippen molar-refractivity contribution in [2.24, 2.45) is 5.73 Å². The maximum Gasteiger partial charge on any atom is 0.231 e. The molecule has 0 atom stereocenters. The molecule has 1 saturated carbocycles. The maximum absolute atomic E-state index is 6.32. The highest BCUT2D eigenvalue weighted by atomic mass is 35.5. The third-order valence-electron chi connectivity index (χ3n) is 3.89. The van der Waals surface area contributed by atoms with Crippen LogP contribution in [0.1, 0.15) is 48.5 Å². The Bertz CT molecular complexity index is 559. The van der Waals surface area contributed by atoms with E-state index in [4.69, 9.17) is 10.3 Å². The molecular formula is C15H20ClN3O. The summed E-state index contributed by atoms with van der Waals surface area (Å²) in [7, 11) is 0. The van der Waals surface area contributed by atoms with Crippen LogP contribution in [0.3, 0.4) is 0 Å². The Kier molecular flexibility index (Phi) is 4.45. The lowest BCUT2D eigenvalue weighted by Crippen LogP contribution is -2.34. The average molecular weight is 294 g/mol. The molecule has 1 aliphatic carbocycles.